The highest BCUT2D eigenvalue weighted by Gasteiger charge is 2.13. The zero-order valence-corrected chi connectivity index (χ0v) is 10.7. The molecule has 100 valence electrons. The quantitative estimate of drug-likeness (QED) is 0.612. The van der Waals surface area contributed by atoms with Crippen molar-refractivity contribution in [1.29, 1.82) is 0 Å². The third-order valence-corrected chi connectivity index (χ3v) is 2.84. The molecule has 1 fully saturated rings. The van der Waals surface area contributed by atoms with Crippen LogP contribution in [0.4, 0.5) is 4.39 Å². The van der Waals surface area contributed by atoms with E-state index in [9.17, 15) is 4.39 Å². The molecule has 18 heavy (non-hydrogen) atoms. The first kappa shape index (κ1) is 13.5. The maximum Gasteiger partial charge on any atom is 0.164 e. The third-order valence-electron chi connectivity index (χ3n) is 2.56. The summed E-state index contributed by atoms with van der Waals surface area (Å²) in [6.07, 6.45) is 4.37. The summed E-state index contributed by atoms with van der Waals surface area (Å²) in [6.45, 7) is 1.47. The topological polar surface area (TPSA) is 40.6 Å². The second-order valence-electron chi connectivity index (χ2n) is 3.96. The molecule has 1 saturated heterocycles. The van der Waals surface area contributed by atoms with Crippen molar-refractivity contribution in [2.24, 2.45) is 0 Å². The first-order chi connectivity index (χ1) is 8.75. The van der Waals surface area contributed by atoms with Gasteiger partial charge in [0.15, 0.2) is 17.3 Å². The Morgan fingerprint density at radius 3 is 3.06 bits per heavy atom. The van der Waals surface area contributed by atoms with E-state index < -0.39 is 5.82 Å². The molecule has 2 rings (SSSR count). The number of hydrogen-bond donors (Lipinski definition) is 0. The summed E-state index contributed by atoms with van der Waals surface area (Å²) < 4.78 is 29.2. The van der Waals surface area contributed by atoms with Crippen LogP contribution in [-0.4, -0.2) is 31.1 Å². The Bertz CT molecular complexity index is 386. The van der Waals surface area contributed by atoms with E-state index in [1.54, 1.807) is 0 Å². The highest BCUT2D eigenvalue weighted by atomic mass is 35.5. The van der Waals surface area contributed by atoms with Gasteiger partial charge in [-0.2, -0.15) is 0 Å². The first-order valence-corrected chi connectivity index (χ1v) is 6.30. The van der Waals surface area contributed by atoms with Crippen LogP contribution in [0.1, 0.15) is 19.3 Å². The molecule has 1 aliphatic heterocycles. The number of hydrogen-bond acceptors (Lipinski definition) is 4. The van der Waals surface area contributed by atoms with Crippen LogP contribution >= 0.6 is 11.6 Å². The Morgan fingerprint density at radius 1 is 1.44 bits per heavy atom. The van der Waals surface area contributed by atoms with Crippen LogP contribution in [0.5, 0.6) is 5.75 Å². The van der Waals surface area contributed by atoms with Crippen LogP contribution in [0.15, 0.2) is 12.3 Å². The molecule has 0 aromatic carbocycles. The second kappa shape index (κ2) is 6.87. The van der Waals surface area contributed by atoms with Gasteiger partial charge >= 0.3 is 0 Å². The van der Waals surface area contributed by atoms with Gasteiger partial charge in [-0.15, -0.1) is 0 Å². The van der Waals surface area contributed by atoms with Gasteiger partial charge in [0.25, 0.3) is 0 Å². The van der Waals surface area contributed by atoms with Gasteiger partial charge in [0.1, 0.15) is 12.4 Å². The van der Waals surface area contributed by atoms with E-state index in [-0.39, 0.29) is 11.4 Å². The molecule has 1 aliphatic rings. The Balaban J connectivity index is 1.66. The van der Waals surface area contributed by atoms with Crippen LogP contribution in [0, 0.1) is 5.82 Å². The van der Waals surface area contributed by atoms with Gasteiger partial charge in [0, 0.05) is 12.7 Å². The number of rotatable bonds is 5. The molecule has 0 saturated carbocycles. The Morgan fingerprint density at radius 2 is 2.33 bits per heavy atom. The Kier molecular flexibility index (Phi) is 5.16. The highest BCUT2D eigenvalue weighted by molar-refractivity contribution is 6.29. The molecule has 0 aliphatic carbocycles. The van der Waals surface area contributed by atoms with Crippen molar-refractivity contribution < 1.29 is 18.6 Å². The Labute approximate surface area is 110 Å². The van der Waals surface area contributed by atoms with E-state index >= 15 is 0 Å². The SMILES string of the molecule is Fc1cc(OCCOC2CCCCO2)cnc1Cl. The minimum Gasteiger partial charge on any atom is -0.489 e. The number of pyridine rings is 1. The zero-order valence-electron chi connectivity index (χ0n) is 9.90. The van der Waals surface area contributed by atoms with Gasteiger partial charge < -0.3 is 14.2 Å². The van der Waals surface area contributed by atoms with Gasteiger partial charge in [-0.1, -0.05) is 11.6 Å². The van der Waals surface area contributed by atoms with Gasteiger partial charge in [-0.25, -0.2) is 9.37 Å². The van der Waals surface area contributed by atoms with Gasteiger partial charge in [-0.05, 0) is 19.3 Å². The predicted octanol–water partition coefficient (Wildman–Crippen LogP) is 2.80. The van der Waals surface area contributed by atoms with Gasteiger partial charge in [0.05, 0.1) is 12.8 Å². The molecule has 1 unspecified atom stereocenters. The maximum atomic E-state index is 13.1. The molecule has 1 aromatic heterocycles. The summed E-state index contributed by atoms with van der Waals surface area (Å²) in [4.78, 5) is 3.65. The average molecular weight is 276 g/mol. The number of ether oxygens (including phenoxy) is 3. The van der Waals surface area contributed by atoms with Gasteiger partial charge in [-0.3, -0.25) is 0 Å². The van der Waals surface area contributed by atoms with Crippen LogP contribution < -0.4 is 4.74 Å². The summed E-state index contributed by atoms with van der Waals surface area (Å²) in [5.41, 5.74) is 0. The first-order valence-electron chi connectivity index (χ1n) is 5.93. The lowest BCUT2D eigenvalue weighted by molar-refractivity contribution is -0.165. The summed E-state index contributed by atoms with van der Waals surface area (Å²) in [5, 5.41) is -0.158. The van der Waals surface area contributed by atoms with Crippen molar-refractivity contribution in [3.8, 4) is 5.75 Å². The molecule has 0 amide bonds. The van der Waals surface area contributed by atoms with Crippen LogP contribution in [0.2, 0.25) is 5.15 Å². The van der Waals surface area contributed by atoms with Crippen molar-refractivity contribution >= 4 is 11.6 Å². The van der Waals surface area contributed by atoms with Crippen molar-refractivity contribution in [3.63, 3.8) is 0 Å². The van der Waals surface area contributed by atoms with Crippen LogP contribution in [0.3, 0.4) is 0 Å². The van der Waals surface area contributed by atoms with Gasteiger partial charge in [0.2, 0.25) is 0 Å². The van der Waals surface area contributed by atoms with E-state index in [1.165, 1.54) is 12.3 Å². The second-order valence-corrected chi connectivity index (χ2v) is 4.32. The highest BCUT2D eigenvalue weighted by Crippen LogP contribution is 2.17. The fourth-order valence-electron chi connectivity index (χ4n) is 1.66. The molecule has 1 aromatic rings. The van der Waals surface area contributed by atoms with Crippen LogP contribution in [0.25, 0.3) is 0 Å². The molecule has 6 heteroatoms. The lowest BCUT2D eigenvalue weighted by Gasteiger charge is -2.22. The number of aromatic nitrogens is 1. The molecule has 2 heterocycles. The van der Waals surface area contributed by atoms with Crippen molar-refractivity contribution in [2.75, 3.05) is 19.8 Å². The van der Waals surface area contributed by atoms with E-state index in [2.05, 4.69) is 4.98 Å². The number of nitrogens with zero attached hydrogens (tertiary/aromatic N) is 1. The van der Waals surface area contributed by atoms with Crippen molar-refractivity contribution in [3.05, 3.63) is 23.2 Å². The summed E-state index contributed by atoms with van der Waals surface area (Å²) in [7, 11) is 0. The van der Waals surface area contributed by atoms with E-state index in [0.29, 0.717) is 19.0 Å². The van der Waals surface area contributed by atoms with E-state index in [1.807, 2.05) is 0 Å². The zero-order chi connectivity index (χ0) is 12.8. The minimum atomic E-state index is -0.592. The third kappa shape index (κ3) is 4.08. The standard InChI is InChI=1S/C12H15ClFNO3/c13-12-10(14)7-9(8-15-12)16-5-6-18-11-3-1-2-4-17-11/h7-8,11H,1-6H2. The van der Waals surface area contributed by atoms with E-state index in [4.69, 9.17) is 25.8 Å². The average Bonchev–Trinajstić information content (AvgIpc) is 2.40. The minimum absolute atomic E-state index is 0.137. The Hall–Kier alpha value is -0.910. The maximum absolute atomic E-state index is 13.1. The molecule has 1 atom stereocenters. The number of halogens is 2. The summed E-state index contributed by atoms with van der Waals surface area (Å²) in [6, 6.07) is 1.20. The molecular formula is C12H15ClFNO3. The van der Waals surface area contributed by atoms with E-state index in [0.717, 1.165) is 25.9 Å². The molecule has 4 nitrogen and oxygen atoms in total. The van der Waals surface area contributed by atoms with Crippen LogP contribution in [-0.2, 0) is 9.47 Å². The monoisotopic (exact) mass is 275 g/mol. The summed E-state index contributed by atoms with van der Waals surface area (Å²) >= 11 is 5.46. The fraction of sp³-hybridized carbons (Fsp3) is 0.583. The fourth-order valence-corrected chi connectivity index (χ4v) is 1.77. The predicted molar refractivity (Wildman–Crippen MR) is 64.2 cm³/mol. The molecule has 0 radical (unpaired) electrons. The normalized spacial score (nSPS) is 19.8. The smallest absolute Gasteiger partial charge is 0.164 e. The largest absolute Gasteiger partial charge is 0.489 e. The molecular weight excluding hydrogens is 261 g/mol. The molecule has 0 N–H and O–H groups in total. The van der Waals surface area contributed by atoms with Crippen molar-refractivity contribution in [2.45, 2.75) is 25.6 Å². The van der Waals surface area contributed by atoms with Crippen molar-refractivity contribution in [1.82, 2.24) is 4.98 Å². The molecule has 0 bridgehead atoms. The molecule has 0 spiro atoms. The lowest BCUT2D eigenvalue weighted by Crippen LogP contribution is -2.24. The lowest BCUT2D eigenvalue weighted by atomic mass is 10.2. The summed E-state index contributed by atoms with van der Waals surface area (Å²) in [5.74, 6) is -0.254.